The zero-order valence-corrected chi connectivity index (χ0v) is 3.81. The molecule has 0 aromatic heterocycles. The number of aliphatic hydroxyl groups is 1. The van der Waals surface area contributed by atoms with Gasteiger partial charge in [0, 0.05) is 0 Å². The highest BCUT2D eigenvalue weighted by Gasteiger charge is 1.90. The highest BCUT2D eigenvalue weighted by Crippen LogP contribution is 1.91. The fourth-order valence-electron chi connectivity index (χ4n) is 0.0753. The lowest BCUT2D eigenvalue weighted by Crippen LogP contribution is -1.90. The van der Waals surface area contributed by atoms with Crippen molar-refractivity contribution in [1.29, 1.82) is 5.26 Å². The van der Waals surface area contributed by atoms with E-state index in [0.717, 1.165) is 0 Å². The number of rotatable bonds is 1. The molecule has 6 heavy (non-hydrogen) atoms. The topological polar surface area (TPSA) is 44.0 Å². The maximum absolute atomic E-state index is 8.10. The Morgan fingerprint density at radius 1 is 2.00 bits per heavy atom. The molecule has 0 aromatic rings. The third kappa shape index (κ3) is 3.74. The van der Waals surface area contributed by atoms with Crippen molar-refractivity contribution in [3.8, 4) is 6.07 Å². The van der Waals surface area contributed by atoms with Crippen molar-refractivity contribution in [2.24, 2.45) is 0 Å². The van der Waals surface area contributed by atoms with E-state index in [1.807, 2.05) is 0 Å². The van der Waals surface area contributed by atoms with Crippen LogP contribution in [0.1, 0.15) is 6.42 Å². The summed E-state index contributed by atoms with van der Waals surface area (Å²) in [5.74, 6) is 0. The molecule has 1 N–H and O–H groups in total. The van der Waals surface area contributed by atoms with Crippen molar-refractivity contribution in [3.05, 3.63) is 0 Å². The standard InChI is InChI=1S/C3H4ClNO/c4-3(6)1-2-5/h3,6H,1H2. The summed E-state index contributed by atoms with van der Waals surface area (Å²) >= 11 is 4.91. The maximum atomic E-state index is 8.10. The Kier molecular flexibility index (Phi) is 2.82. The van der Waals surface area contributed by atoms with Crippen LogP contribution in [0.2, 0.25) is 0 Å². The average molecular weight is 106 g/mol. The summed E-state index contributed by atoms with van der Waals surface area (Å²) in [5.41, 5.74) is -0.991. The van der Waals surface area contributed by atoms with Gasteiger partial charge < -0.3 is 5.11 Å². The van der Waals surface area contributed by atoms with E-state index in [2.05, 4.69) is 0 Å². The van der Waals surface area contributed by atoms with E-state index in [9.17, 15) is 0 Å². The quantitative estimate of drug-likeness (QED) is 0.493. The molecule has 0 amide bonds. The number of hydrogen-bond donors (Lipinski definition) is 1. The van der Waals surface area contributed by atoms with Crippen molar-refractivity contribution in [1.82, 2.24) is 0 Å². The number of alkyl halides is 1. The Bertz CT molecular complexity index is 65.7. The van der Waals surface area contributed by atoms with Gasteiger partial charge in [0.05, 0.1) is 12.5 Å². The van der Waals surface area contributed by atoms with Crippen LogP contribution in [-0.2, 0) is 0 Å². The molecule has 0 aromatic carbocycles. The van der Waals surface area contributed by atoms with Crippen LogP contribution in [0.3, 0.4) is 0 Å². The highest BCUT2D eigenvalue weighted by molar-refractivity contribution is 6.19. The molecule has 0 aliphatic carbocycles. The zero-order chi connectivity index (χ0) is 4.99. The summed E-state index contributed by atoms with van der Waals surface area (Å²) in [6.07, 6.45) is 0.00154. The van der Waals surface area contributed by atoms with Gasteiger partial charge in [-0.1, -0.05) is 11.6 Å². The van der Waals surface area contributed by atoms with Crippen LogP contribution in [0.5, 0.6) is 0 Å². The summed E-state index contributed by atoms with van der Waals surface area (Å²) in [6.45, 7) is 0. The van der Waals surface area contributed by atoms with Gasteiger partial charge in [0.2, 0.25) is 0 Å². The molecule has 1 atom stereocenters. The number of nitriles is 1. The summed E-state index contributed by atoms with van der Waals surface area (Å²) in [7, 11) is 0. The van der Waals surface area contributed by atoms with Crippen LogP contribution in [0, 0.1) is 11.3 Å². The monoisotopic (exact) mass is 105 g/mol. The molecule has 0 radical (unpaired) electrons. The predicted molar refractivity (Wildman–Crippen MR) is 22.1 cm³/mol. The summed E-state index contributed by atoms with van der Waals surface area (Å²) in [5, 5.41) is 15.8. The molecule has 2 nitrogen and oxygen atoms in total. The van der Waals surface area contributed by atoms with E-state index in [-0.39, 0.29) is 6.42 Å². The fraction of sp³-hybridized carbons (Fsp3) is 0.667. The molecule has 0 saturated heterocycles. The second-order valence-electron chi connectivity index (χ2n) is 0.797. The highest BCUT2D eigenvalue weighted by atomic mass is 35.5. The van der Waals surface area contributed by atoms with Crippen LogP contribution < -0.4 is 0 Å². The first-order valence-electron chi connectivity index (χ1n) is 1.46. The van der Waals surface area contributed by atoms with Gasteiger partial charge in [0.1, 0.15) is 5.56 Å². The lowest BCUT2D eigenvalue weighted by Gasteiger charge is -1.85. The lowest BCUT2D eigenvalue weighted by molar-refractivity contribution is 0.262. The average Bonchev–Trinajstić information content (AvgIpc) is 1.35. The van der Waals surface area contributed by atoms with Crippen molar-refractivity contribution in [3.63, 3.8) is 0 Å². The van der Waals surface area contributed by atoms with E-state index < -0.39 is 5.56 Å². The maximum Gasteiger partial charge on any atom is 0.140 e. The van der Waals surface area contributed by atoms with Gasteiger partial charge in [-0.05, 0) is 0 Å². The Hall–Kier alpha value is -0.260. The Labute approximate surface area is 41.0 Å². The second-order valence-corrected chi connectivity index (χ2v) is 1.30. The van der Waals surface area contributed by atoms with Gasteiger partial charge in [-0.3, -0.25) is 0 Å². The molecule has 0 spiro atoms. The van der Waals surface area contributed by atoms with Gasteiger partial charge in [0.25, 0.3) is 0 Å². The number of hydrogen-bond acceptors (Lipinski definition) is 2. The molecule has 3 heteroatoms. The molecular weight excluding hydrogens is 101 g/mol. The molecule has 0 heterocycles. The van der Waals surface area contributed by atoms with Crippen LogP contribution in [0.15, 0.2) is 0 Å². The molecule has 0 bridgehead atoms. The van der Waals surface area contributed by atoms with E-state index in [1.165, 1.54) is 0 Å². The van der Waals surface area contributed by atoms with Gasteiger partial charge >= 0.3 is 0 Å². The molecule has 34 valence electrons. The molecule has 0 fully saturated rings. The number of nitrogens with zero attached hydrogens (tertiary/aromatic N) is 1. The minimum absolute atomic E-state index is 0.00154. The minimum atomic E-state index is -0.991. The van der Waals surface area contributed by atoms with Crippen LogP contribution in [-0.4, -0.2) is 10.7 Å². The smallest absolute Gasteiger partial charge is 0.140 e. The molecule has 0 aliphatic rings. The van der Waals surface area contributed by atoms with E-state index in [1.54, 1.807) is 6.07 Å². The first-order chi connectivity index (χ1) is 2.77. The van der Waals surface area contributed by atoms with Gasteiger partial charge in [-0.2, -0.15) is 5.26 Å². The lowest BCUT2D eigenvalue weighted by atomic mass is 10.5. The minimum Gasteiger partial charge on any atom is -0.377 e. The van der Waals surface area contributed by atoms with Crippen LogP contribution in [0.25, 0.3) is 0 Å². The second kappa shape index (κ2) is 2.95. The number of halogens is 1. The normalized spacial score (nSPS) is 12.8. The van der Waals surface area contributed by atoms with E-state index in [0.29, 0.717) is 0 Å². The molecular formula is C3H4ClNO. The Morgan fingerprint density at radius 2 is 2.50 bits per heavy atom. The van der Waals surface area contributed by atoms with Crippen molar-refractivity contribution in [2.45, 2.75) is 12.0 Å². The first kappa shape index (κ1) is 5.74. The van der Waals surface area contributed by atoms with Crippen molar-refractivity contribution < 1.29 is 5.11 Å². The zero-order valence-electron chi connectivity index (χ0n) is 3.06. The van der Waals surface area contributed by atoms with E-state index in [4.69, 9.17) is 22.0 Å². The summed E-state index contributed by atoms with van der Waals surface area (Å²) in [6, 6.07) is 1.69. The summed E-state index contributed by atoms with van der Waals surface area (Å²) < 4.78 is 0. The van der Waals surface area contributed by atoms with Crippen molar-refractivity contribution >= 4 is 11.6 Å². The van der Waals surface area contributed by atoms with Gasteiger partial charge in [-0.25, -0.2) is 0 Å². The molecule has 1 unspecified atom stereocenters. The van der Waals surface area contributed by atoms with Gasteiger partial charge in [-0.15, -0.1) is 0 Å². The molecule has 0 saturated carbocycles. The SMILES string of the molecule is N#CCC(O)Cl. The van der Waals surface area contributed by atoms with Crippen LogP contribution in [0.4, 0.5) is 0 Å². The predicted octanol–water partition coefficient (Wildman–Crippen LogP) is 0.457. The third-order valence-corrected chi connectivity index (χ3v) is 0.414. The van der Waals surface area contributed by atoms with Gasteiger partial charge in [0.15, 0.2) is 0 Å². The van der Waals surface area contributed by atoms with E-state index >= 15 is 0 Å². The first-order valence-corrected chi connectivity index (χ1v) is 1.90. The number of aliphatic hydroxyl groups excluding tert-OH is 1. The fourth-order valence-corrected chi connectivity index (χ4v) is 0.144. The van der Waals surface area contributed by atoms with Crippen LogP contribution >= 0.6 is 11.6 Å². The summed E-state index contributed by atoms with van der Waals surface area (Å²) in [4.78, 5) is 0. The Balaban J connectivity index is 2.88. The molecule has 0 rings (SSSR count). The van der Waals surface area contributed by atoms with Crippen molar-refractivity contribution in [2.75, 3.05) is 0 Å². The largest absolute Gasteiger partial charge is 0.377 e. The molecule has 0 aliphatic heterocycles. The third-order valence-electron chi connectivity index (χ3n) is 0.260. The Morgan fingerprint density at radius 3 is 2.50 bits per heavy atom.